The topological polar surface area (TPSA) is 4.93 Å². The van der Waals surface area contributed by atoms with Crippen LogP contribution in [0.15, 0.2) is 194 Å². The highest BCUT2D eigenvalue weighted by Gasteiger charge is 2.18. The van der Waals surface area contributed by atoms with Gasteiger partial charge in [0.15, 0.2) is 0 Å². The van der Waals surface area contributed by atoms with Gasteiger partial charge in [0, 0.05) is 16.5 Å². The number of para-hydroxylation sites is 1. The Morgan fingerprint density at radius 3 is 2.15 bits per heavy atom. The molecule has 0 saturated heterocycles. The van der Waals surface area contributed by atoms with E-state index in [-0.39, 0.29) is 0 Å². The number of rotatable bonds is 7. The van der Waals surface area contributed by atoms with E-state index in [0.29, 0.717) is 0 Å². The van der Waals surface area contributed by atoms with Crippen LogP contribution in [0.25, 0.3) is 55.3 Å². The lowest BCUT2D eigenvalue weighted by Gasteiger charge is -2.19. The van der Waals surface area contributed by atoms with E-state index in [4.69, 9.17) is 0 Å². The molecule has 1 aromatic heterocycles. The molecule has 0 spiro atoms. The van der Waals surface area contributed by atoms with Crippen LogP contribution in [-0.4, -0.2) is 4.57 Å². The summed E-state index contributed by atoms with van der Waals surface area (Å²) in [5.74, 6) is 0. The highest BCUT2D eigenvalue weighted by atomic mass is 15.0. The van der Waals surface area contributed by atoms with Crippen molar-refractivity contribution in [2.45, 2.75) is 38.5 Å². The Morgan fingerprint density at radius 1 is 0.545 bits per heavy atom. The first-order valence-corrected chi connectivity index (χ1v) is 19.8. The lowest BCUT2D eigenvalue weighted by molar-refractivity contribution is 0.687. The van der Waals surface area contributed by atoms with Gasteiger partial charge >= 0.3 is 0 Å². The monoisotopic (exact) mass is 705 g/mol. The van der Waals surface area contributed by atoms with Crippen molar-refractivity contribution in [2.24, 2.45) is 0 Å². The molecule has 1 heterocycles. The molecule has 0 fully saturated rings. The minimum absolute atomic E-state index is 0.863. The second kappa shape index (κ2) is 14.4. The van der Waals surface area contributed by atoms with Crippen molar-refractivity contribution < 1.29 is 0 Å². The fraction of sp³-hybridized carbons (Fsp3) is 0.111. The van der Waals surface area contributed by atoms with Crippen LogP contribution in [0, 0.1) is 0 Å². The second-order valence-electron chi connectivity index (χ2n) is 15.1. The van der Waals surface area contributed by atoms with Crippen molar-refractivity contribution in [3.63, 3.8) is 0 Å². The van der Waals surface area contributed by atoms with Gasteiger partial charge in [-0.15, -0.1) is 0 Å². The van der Waals surface area contributed by atoms with E-state index < -0.39 is 0 Å². The Bertz CT molecular complexity index is 2770. The average Bonchev–Trinajstić information content (AvgIpc) is 3.59. The predicted molar refractivity (Wildman–Crippen MR) is 233 cm³/mol. The molecule has 55 heavy (non-hydrogen) atoms. The van der Waals surface area contributed by atoms with Gasteiger partial charge in [0.2, 0.25) is 0 Å². The molecule has 8 aromatic rings. The molecule has 0 saturated carbocycles. The fourth-order valence-corrected chi connectivity index (χ4v) is 9.04. The maximum absolute atomic E-state index is 2.43. The van der Waals surface area contributed by atoms with E-state index in [1.165, 1.54) is 114 Å². The first-order chi connectivity index (χ1) is 27.3. The number of hydrogen-bond acceptors (Lipinski definition) is 0. The second-order valence-corrected chi connectivity index (χ2v) is 15.1. The third-order valence-electron chi connectivity index (χ3n) is 11.7. The van der Waals surface area contributed by atoms with E-state index in [9.17, 15) is 0 Å². The molecule has 2 aliphatic carbocycles. The number of aromatic nitrogens is 1. The highest BCUT2D eigenvalue weighted by Crippen LogP contribution is 2.38. The molecule has 1 heteroatoms. The van der Waals surface area contributed by atoms with Crippen LogP contribution >= 0.6 is 0 Å². The quantitative estimate of drug-likeness (QED) is 0.156. The van der Waals surface area contributed by atoms with E-state index in [1.54, 1.807) is 5.56 Å². The van der Waals surface area contributed by atoms with Crippen molar-refractivity contribution in [1.29, 1.82) is 0 Å². The fourth-order valence-electron chi connectivity index (χ4n) is 9.04. The number of hydrogen-bond donors (Lipinski definition) is 0. The molecular formula is C54H43N. The van der Waals surface area contributed by atoms with E-state index >= 15 is 0 Å². The van der Waals surface area contributed by atoms with Crippen molar-refractivity contribution >= 4 is 27.4 Å². The molecule has 1 nitrogen and oxygen atoms in total. The van der Waals surface area contributed by atoms with E-state index in [1.807, 2.05) is 0 Å². The first kappa shape index (κ1) is 33.2. The maximum atomic E-state index is 2.43. The summed E-state index contributed by atoms with van der Waals surface area (Å²) in [6.45, 7) is 0. The molecule has 7 aromatic carbocycles. The summed E-state index contributed by atoms with van der Waals surface area (Å²) in [6.07, 6.45) is 15.6. The van der Waals surface area contributed by atoms with Crippen LogP contribution in [0.1, 0.15) is 52.6 Å². The Hall–Kier alpha value is -6.44. The van der Waals surface area contributed by atoms with Crippen LogP contribution in [0.2, 0.25) is 0 Å². The molecule has 0 atom stereocenters. The van der Waals surface area contributed by atoms with Crippen molar-refractivity contribution in [2.75, 3.05) is 0 Å². The Morgan fingerprint density at radius 2 is 1.29 bits per heavy atom. The maximum Gasteiger partial charge on any atom is 0.0541 e. The molecule has 0 aliphatic heterocycles. The SMILES string of the molecule is C1=CC/C(=C(/c2ccccc2)c2ccccc2Cc2ccc(-n3c4ccccc4c4cc(-c5ccc(-c6cccc7c6CCCC7)cc5)ccc43)cc2)C=C1. The molecule has 10 rings (SSSR count). The van der Waals surface area contributed by atoms with Crippen molar-refractivity contribution in [1.82, 2.24) is 4.57 Å². The molecule has 0 radical (unpaired) electrons. The number of nitrogens with zero attached hydrogens (tertiary/aromatic N) is 1. The van der Waals surface area contributed by atoms with Crippen LogP contribution in [0.5, 0.6) is 0 Å². The molecule has 264 valence electrons. The number of aryl methyl sites for hydroxylation is 1. The zero-order valence-electron chi connectivity index (χ0n) is 31.1. The Balaban J connectivity index is 0.973. The minimum atomic E-state index is 0.863. The van der Waals surface area contributed by atoms with E-state index in [2.05, 4.69) is 193 Å². The van der Waals surface area contributed by atoms with Gasteiger partial charge in [0.25, 0.3) is 0 Å². The molecule has 0 amide bonds. The number of allylic oxidation sites excluding steroid dienone is 5. The van der Waals surface area contributed by atoms with Crippen molar-refractivity contribution in [3.05, 3.63) is 227 Å². The molecular weight excluding hydrogens is 663 g/mol. The van der Waals surface area contributed by atoms with Gasteiger partial charge in [0.1, 0.15) is 0 Å². The first-order valence-electron chi connectivity index (χ1n) is 19.8. The van der Waals surface area contributed by atoms with Crippen molar-refractivity contribution in [3.8, 4) is 27.9 Å². The molecule has 0 N–H and O–H groups in total. The summed E-state index contributed by atoms with van der Waals surface area (Å²) in [6, 6.07) is 60.9. The van der Waals surface area contributed by atoms with Gasteiger partial charge in [-0.1, -0.05) is 158 Å². The highest BCUT2D eigenvalue weighted by molar-refractivity contribution is 6.10. The lowest BCUT2D eigenvalue weighted by atomic mass is 9.85. The van der Waals surface area contributed by atoms with Gasteiger partial charge in [-0.05, 0) is 136 Å². The Kier molecular flexibility index (Phi) is 8.69. The van der Waals surface area contributed by atoms with Crippen LogP contribution in [0.4, 0.5) is 0 Å². The molecule has 0 bridgehead atoms. The summed E-state index contributed by atoms with van der Waals surface area (Å²) >= 11 is 0. The third kappa shape index (κ3) is 6.26. The summed E-state index contributed by atoms with van der Waals surface area (Å²) in [7, 11) is 0. The van der Waals surface area contributed by atoms with Gasteiger partial charge in [0.05, 0.1) is 11.0 Å². The zero-order chi connectivity index (χ0) is 36.6. The number of fused-ring (bicyclic) bond motifs is 4. The lowest BCUT2D eigenvalue weighted by Crippen LogP contribution is -2.04. The zero-order valence-corrected chi connectivity index (χ0v) is 31.1. The van der Waals surface area contributed by atoms with Crippen LogP contribution in [-0.2, 0) is 19.3 Å². The summed E-state index contributed by atoms with van der Waals surface area (Å²) in [5.41, 5.74) is 19.8. The van der Waals surface area contributed by atoms with E-state index in [0.717, 1.165) is 12.8 Å². The summed E-state index contributed by atoms with van der Waals surface area (Å²) in [4.78, 5) is 0. The number of benzene rings is 7. The van der Waals surface area contributed by atoms with Gasteiger partial charge in [-0.25, -0.2) is 0 Å². The minimum Gasteiger partial charge on any atom is -0.309 e. The largest absolute Gasteiger partial charge is 0.309 e. The standard InChI is InChI=1S/C54H43N/c1-3-15-42(16-4-1)54(43-17-5-2-6-18-43)49-22-10-8-19-45(49)36-38-26-33-46(34-27-38)55-52-25-12-11-23-50(52)51-37-44(32-35-53(51)55)39-28-30-41(31-29-39)48-24-13-20-40-14-7-9-21-47(40)48/h1-6,8,10-13,15-17,19-20,22-35,37H,7,9,14,18,21,36H2/b54-43-. The van der Waals surface area contributed by atoms with Crippen LogP contribution in [0.3, 0.4) is 0 Å². The third-order valence-corrected chi connectivity index (χ3v) is 11.7. The van der Waals surface area contributed by atoms with Gasteiger partial charge in [-0.3, -0.25) is 0 Å². The summed E-state index contributed by atoms with van der Waals surface area (Å²) in [5, 5.41) is 2.55. The van der Waals surface area contributed by atoms with Gasteiger partial charge < -0.3 is 4.57 Å². The normalized spacial score (nSPS) is 14.7. The molecule has 2 aliphatic rings. The average molecular weight is 706 g/mol. The Labute approximate surface area is 324 Å². The smallest absolute Gasteiger partial charge is 0.0541 e. The predicted octanol–water partition coefficient (Wildman–Crippen LogP) is 13.9. The van der Waals surface area contributed by atoms with Gasteiger partial charge in [-0.2, -0.15) is 0 Å². The van der Waals surface area contributed by atoms with Crippen LogP contribution < -0.4 is 0 Å². The molecule has 0 unspecified atom stereocenters. The summed E-state index contributed by atoms with van der Waals surface area (Å²) < 4.78 is 2.43.